The summed E-state index contributed by atoms with van der Waals surface area (Å²) in [5, 5.41) is 12.8. The summed E-state index contributed by atoms with van der Waals surface area (Å²) in [5.41, 5.74) is 12.2. The highest BCUT2D eigenvalue weighted by Gasteiger charge is 2.19. The van der Waals surface area contributed by atoms with Gasteiger partial charge in [0.25, 0.3) is 5.56 Å². The number of nitriles is 1. The minimum absolute atomic E-state index is 0.0422. The second-order valence-corrected chi connectivity index (χ2v) is 7.94. The van der Waals surface area contributed by atoms with Crippen molar-refractivity contribution >= 4 is 40.1 Å². The molecule has 0 atom stereocenters. The van der Waals surface area contributed by atoms with Crippen LogP contribution in [0.25, 0.3) is 16.6 Å². The molecule has 0 spiro atoms. The van der Waals surface area contributed by atoms with Crippen LogP contribution in [0, 0.1) is 24.1 Å². The molecule has 2 heterocycles. The molecule has 0 radical (unpaired) electrons. The Morgan fingerprint density at radius 2 is 2.03 bits per heavy atom. The number of anilines is 3. The topological polar surface area (TPSA) is 158 Å². The third-order valence-corrected chi connectivity index (χ3v) is 5.70. The van der Waals surface area contributed by atoms with Gasteiger partial charge in [0.1, 0.15) is 34.8 Å². The van der Waals surface area contributed by atoms with Gasteiger partial charge in [-0.3, -0.25) is 9.36 Å². The van der Waals surface area contributed by atoms with Gasteiger partial charge in [0.05, 0.1) is 28.7 Å². The maximum Gasteiger partial charge on any atom is 0.267 e. The minimum Gasteiger partial charge on any atom is -0.496 e. The van der Waals surface area contributed by atoms with Crippen molar-refractivity contribution < 1.29 is 9.13 Å². The van der Waals surface area contributed by atoms with Gasteiger partial charge in [-0.1, -0.05) is 17.7 Å². The Balaban J connectivity index is 1.84. The largest absolute Gasteiger partial charge is 0.496 e. The average molecular weight is 495 g/mol. The molecular formula is C23H20ClFN8O2. The highest BCUT2D eigenvalue weighted by molar-refractivity contribution is 6.35. The summed E-state index contributed by atoms with van der Waals surface area (Å²) in [5.74, 6) is 0.0201. The number of aromatic nitrogens is 4. The first kappa shape index (κ1) is 23.7. The molecule has 2 aromatic heterocycles. The summed E-state index contributed by atoms with van der Waals surface area (Å²) in [4.78, 5) is 26.1. The molecule has 178 valence electrons. The van der Waals surface area contributed by atoms with E-state index in [1.165, 1.54) is 23.8 Å². The number of fused-ring (bicyclic) bond motifs is 1. The van der Waals surface area contributed by atoms with Gasteiger partial charge in [-0.15, -0.1) is 0 Å². The van der Waals surface area contributed by atoms with Crippen molar-refractivity contribution in [3.05, 3.63) is 68.5 Å². The van der Waals surface area contributed by atoms with E-state index in [0.29, 0.717) is 16.9 Å². The zero-order chi connectivity index (χ0) is 25.3. The quantitative estimate of drug-likeness (QED) is 0.366. The summed E-state index contributed by atoms with van der Waals surface area (Å²) in [6.45, 7) is 1.90. The Labute approximate surface area is 204 Å². The third kappa shape index (κ3) is 4.39. The van der Waals surface area contributed by atoms with Crippen LogP contribution in [-0.4, -0.2) is 33.2 Å². The zero-order valence-electron chi connectivity index (χ0n) is 18.8. The number of methoxy groups -OCH3 is 1. The maximum absolute atomic E-state index is 14.4. The second-order valence-electron chi connectivity index (χ2n) is 7.53. The number of hydrogen-bond donors (Lipinski definition) is 3. The van der Waals surface area contributed by atoms with Gasteiger partial charge in [0.2, 0.25) is 5.95 Å². The van der Waals surface area contributed by atoms with E-state index >= 15 is 0 Å². The predicted molar refractivity (Wildman–Crippen MR) is 131 cm³/mol. The lowest BCUT2D eigenvalue weighted by molar-refractivity contribution is 0.407. The van der Waals surface area contributed by atoms with E-state index in [2.05, 4.69) is 20.3 Å². The third-order valence-electron chi connectivity index (χ3n) is 5.38. The van der Waals surface area contributed by atoms with Crippen LogP contribution in [0.15, 0.2) is 35.1 Å². The monoisotopic (exact) mass is 494 g/mol. The van der Waals surface area contributed by atoms with Crippen LogP contribution < -0.4 is 27.1 Å². The summed E-state index contributed by atoms with van der Waals surface area (Å²) < 4.78 is 21.0. The molecule has 0 amide bonds. The average Bonchev–Trinajstić information content (AvgIpc) is 2.80. The molecule has 0 fully saturated rings. The van der Waals surface area contributed by atoms with Gasteiger partial charge >= 0.3 is 0 Å². The van der Waals surface area contributed by atoms with E-state index in [9.17, 15) is 14.4 Å². The Kier molecular flexibility index (Phi) is 6.40. The normalized spacial score (nSPS) is 10.8. The highest BCUT2D eigenvalue weighted by atomic mass is 35.5. The number of hydrogen-bond acceptors (Lipinski definition) is 9. The van der Waals surface area contributed by atoms with Crippen LogP contribution in [0.4, 0.5) is 22.0 Å². The molecule has 0 aliphatic heterocycles. The lowest BCUT2D eigenvalue weighted by atomic mass is 10.1. The van der Waals surface area contributed by atoms with E-state index in [-0.39, 0.29) is 58.0 Å². The molecule has 0 unspecified atom stereocenters. The molecule has 2 aromatic carbocycles. The molecule has 5 N–H and O–H groups in total. The van der Waals surface area contributed by atoms with Gasteiger partial charge in [0.15, 0.2) is 5.82 Å². The van der Waals surface area contributed by atoms with E-state index in [0.717, 1.165) is 0 Å². The fourth-order valence-electron chi connectivity index (χ4n) is 3.76. The number of halogens is 2. The molecule has 0 bridgehead atoms. The SMILES string of the molecule is COc1cc(F)cc(-n2c(CCNc3nc(N)nc(N)c3C#N)nc3cccc(Cl)c3c2=O)c1C. The van der Waals surface area contributed by atoms with Crippen LogP contribution in [0.5, 0.6) is 5.75 Å². The van der Waals surface area contributed by atoms with Crippen LogP contribution in [0.1, 0.15) is 17.0 Å². The summed E-state index contributed by atoms with van der Waals surface area (Å²) in [7, 11) is 1.42. The molecule has 4 rings (SSSR count). The summed E-state index contributed by atoms with van der Waals surface area (Å²) in [6.07, 6.45) is 0.185. The van der Waals surface area contributed by atoms with Gasteiger partial charge < -0.3 is 21.5 Å². The molecule has 0 saturated heterocycles. The van der Waals surface area contributed by atoms with Gasteiger partial charge in [-0.05, 0) is 25.1 Å². The standard InChI is InChI=1S/C23H20ClFN8O2/c1-11-16(8-12(25)9-17(11)35-2)33-18(30-15-5-3-4-14(24)19(15)22(33)34)6-7-29-21-13(10-26)20(27)31-23(28)32-21/h3-5,8-9H,6-7H2,1-2H3,(H5,27,28,29,31,32). The smallest absolute Gasteiger partial charge is 0.267 e. The molecule has 0 aliphatic rings. The van der Waals surface area contributed by atoms with Crippen molar-refractivity contribution in [2.45, 2.75) is 13.3 Å². The van der Waals surface area contributed by atoms with E-state index in [1.54, 1.807) is 25.1 Å². The van der Waals surface area contributed by atoms with Crippen molar-refractivity contribution in [2.75, 3.05) is 30.4 Å². The molecule has 35 heavy (non-hydrogen) atoms. The van der Waals surface area contributed by atoms with Crippen molar-refractivity contribution in [1.29, 1.82) is 5.26 Å². The lowest BCUT2D eigenvalue weighted by Crippen LogP contribution is -2.26. The first-order chi connectivity index (χ1) is 16.7. The molecule has 10 nitrogen and oxygen atoms in total. The van der Waals surface area contributed by atoms with Crippen molar-refractivity contribution in [1.82, 2.24) is 19.5 Å². The number of ether oxygens (including phenoxy) is 1. The maximum atomic E-state index is 14.4. The Hall–Kier alpha value is -4.43. The van der Waals surface area contributed by atoms with Gasteiger partial charge in [-0.25, -0.2) is 9.37 Å². The summed E-state index contributed by atoms with van der Waals surface area (Å²) >= 11 is 6.32. The van der Waals surface area contributed by atoms with E-state index in [1.807, 2.05) is 6.07 Å². The molecule has 4 aromatic rings. The molecule has 12 heteroatoms. The van der Waals surface area contributed by atoms with E-state index in [4.69, 9.17) is 27.8 Å². The van der Waals surface area contributed by atoms with Crippen LogP contribution >= 0.6 is 11.6 Å². The predicted octanol–water partition coefficient (Wildman–Crippen LogP) is 2.98. The first-order valence-electron chi connectivity index (χ1n) is 10.4. The van der Waals surface area contributed by atoms with Crippen molar-refractivity contribution in [3.8, 4) is 17.5 Å². The van der Waals surface area contributed by atoms with E-state index < -0.39 is 11.4 Å². The van der Waals surface area contributed by atoms with Gasteiger partial charge in [-0.2, -0.15) is 15.2 Å². The van der Waals surface area contributed by atoms with Gasteiger partial charge in [0, 0.05) is 24.6 Å². The number of nitrogens with zero attached hydrogens (tertiary/aromatic N) is 5. The lowest BCUT2D eigenvalue weighted by Gasteiger charge is -2.18. The number of rotatable bonds is 6. The number of benzene rings is 2. The number of nitrogens with two attached hydrogens (primary N) is 2. The zero-order valence-corrected chi connectivity index (χ0v) is 19.5. The Morgan fingerprint density at radius 1 is 1.26 bits per heavy atom. The van der Waals surface area contributed by atoms with Crippen molar-refractivity contribution in [2.24, 2.45) is 0 Å². The highest BCUT2D eigenvalue weighted by Crippen LogP contribution is 2.28. The van der Waals surface area contributed by atoms with Crippen LogP contribution in [0.3, 0.4) is 0 Å². The second kappa shape index (κ2) is 9.44. The van der Waals surface area contributed by atoms with Crippen LogP contribution in [-0.2, 0) is 6.42 Å². The molecule has 0 saturated carbocycles. The fourth-order valence-corrected chi connectivity index (χ4v) is 4.01. The van der Waals surface area contributed by atoms with Crippen molar-refractivity contribution in [3.63, 3.8) is 0 Å². The Morgan fingerprint density at radius 3 is 2.74 bits per heavy atom. The molecule has 0 aliphatic carbocycles. The first-order valence-corrected chi connectivity index (χ1v) is 10.7. The number of nitrogens with one attached hydrogen (secondary N) is 1. The van der Waals surface area contributed by atoms with Crippen LogP contribution in [0.2, 0.25) is 5.02 Å². The summed E-state index contributed by atoms with van der Waals surface area (Å²) in [6, 6.07) is 9.35. The number of nitrogen functional groups attached to an aromatic ring is 2. The fraction of sp³-hybridized carbons (Fsp3) is 0.174. The molecular weight excluding hydrogens is 475 g/mol. The minimum atomic E-state index is -0.580. The Bertz CT molecular complexity index is 1560.